The molecule has 1 fully saturated rings. The Labute approximate surface area is 251 Å². The maximum atomic E-state index is 12.3. The third-order valence-corrected chi connectivity index (χ3v) is 8.45. The van der Waals surface area contributed by atoms with Crippen molar-refractivity contribution in [2.75, 3.05) is 20.3 Å². The molecule has 1 unspecified atom stereocenters. The van der Waals surface area contributed by atoms with E-state index >= 15 is 0 Å². The van der Waals surface area contributed by atoms with Crippen LogP contribution in [0, 0.1) is 11.8 Å². The Morgan fingerprint density at radius 1 is 1.07 bits per heavy atom. The van der Waals surface area contributed by atoms with E-state index in [4.69, 9.17) is 21.1 Å². The van der Waals surface area contributed by atoms with E-state index in [1.165, 1.54) is 22.4 Å². The van der Waals surface area contributed by atoms with Crippen LogP contribution in [-0.4, -0.2) is 45.4 Å². The molecule has 2 aromatic carbocycles. The first-order valence-corrected chi connectivity index (χ1v) is 14.9. The van der Waals surface area contributed by atoms with E-state index in [2.05, 4.69) is 24.0 Å². The molecule has 1 aromatic heterocycles. The van der Waals surface area contributed by atoms with E-state index in [-0.39, 0.29) is 30.7 Å². The smallest absolute Gasteiger partial charge is 0.330 e. The SMILES string of the molecule is CCC(c1ccc(Cl)cc1)N(Cc1ccc(OCCn2c(=O)ccn(C)c2=O)c(OC)c1)CC1CCC(C(=O)O)CC1. The molecule has 42 heavy (non-hydrogen) atoms. The molecular weight excluding hydrogens is 558 g/mol. The Morgan fingerprint density at radius 3 is 2.43 bits per heavy atom. The Bertz CT molecular complexity index is 1460. The van der Waals surface area contributed by atoms with Crippen LogP contribution in [0.25, 0.3) is 0 Å². The molecule has 1 aliphatic rings. The van der Waals surface area contributed by atoms with Gasteiger partial charge in [-0.3, -0.25) is 19.1 Å². The molecule has 0 bridgehead atoms. The number of methoxy groups -OCH3 is 1. The molecule has 0 aliphatic heterocycles. The van der Waals surface area contributed by atoms with Gasteiger partial charge in [0.05, 0.1) is 19.6 Å². The zero-order chi connectivity index (χ0) is 30.2. The number of ether oxygens (including phenoxy) is 2. The number of rotatable bonds is 13. The molecule has 1 heterocycles. The summed E-state index contributed by atoms with van der Waals surface area (Å²) >= 11 is 6.18. The van der Waals surface area contributed by atoms with Gasteiger partial charge in [-0.05, 0) is 73.4 Å². The minimum Gasteiger partial charge on any atom is -0.493 e. The second-order valence-electron chi connectivity index (χ2n) is 11.0. The number of halogens is 1. The predicted octanol–water partition coefficient (Wildman–Crippen LogP) is 5.13. The van der Waals surface area contributed by atoms with E-state index < -0.39 is 11.7 Å². The molecule has 1 saturated carbocycles. The van der Waals surface area contributed by atoms with Gasteiger partial charge in [-0.2, -0.15) is 0 Å². The largest absolute Gasteiger partial charge is 0.493 e. The number of nitrogens with zero attached hydrogens (tertiary/aromatic N) is 3. The Hall–Kier alpha value is -3.56. The zero-order valence-corrected chi connectivity index (χ0v) is 25.3. The van der Waals surface area contributed by atoms with Crippen molar-refractivity contribution in [3.63, 3.8) is 0 Å². The van der Waals surface area contributed by atoms with E-state index in [1.807, 2.05) is 30.3 Å². The minimum atomic E-state index is -0.689. The first-order chi connectivity index (χ1) is 20.2. The third-order valence-electron chi connectivity index (χ3n) is 8.20. The highest BCUT2D eigenvalue weighted by Gasteiger charge is 2.29. The van der Waals surface area contributed by atoms with Crippen molar-refractivity contribution < 1.29 is 19.4 Å². The van der Waals surface area contributed by atoms with E-state index in [9.17, 15) is 19.5 Å². The van der Waals surface area contributed by atoms with Crippen molar-refractivity contribution in [3.8, 4) is 11.5 Å². The number of hydrogen-bond donors (Lipinski definition) is 1. The number of carbonyl (C=O) groups is 1. The number of benzene rings is 2. The van der Waals surface area contributed by atoms with E-state index in [0.29, 0.717) is 41.8 Å². The zero-order valence-electron chi connectivity index (χ0n) is 24.5. The van der Waals surface area contributed by atoms with Crippen LogP contribution in [0.2, 0.25) is 5.02 Å². The van der Waals surface area contributed by atoms with Gasteiger partial charge in [0.1, 0.15) is 6.61 Å². The van der Waals surface area contributed by atoms with E-state index in [1.54, 1.807) is 14.2 Å². The molecule has 10 heteroatoms. The number of carboxylic acids is 1. The number of aromatic nitrogens is 2. The van der Waals surface area contributed by atoms with Crippen LogP contribution in [-0.2, 0) is 24.9 Å². The average Bonchev–Trinajstić information content (AvgIpc) is 2.99. The summed E-state index contributed by atoms with van der Waals surface area (Å²) in [7, 11) is 3.19. The highest BCUT2D eigenvalue weighted by atomic mass is 35.5. The summed E-state index contributed by atoms with van der Waals surface area (Å²) in [6.07, 6.45) is 5.58. The lowest BCUT2D eigenvalue weighted by molar-refractivity contribution is -0.143. The topological polar surface area (TPSA) is 103 Å². The van der Waals surface area contributed by atoms with Crippen LogP contribution < -0.4 is 20.7 Å². The second-order valence-corrected chi connectivity index (χ2v) is 11.4. The van der Waals surface area contributed by atoms with Gasteiger partial charge >= 0.3 is 11.7 Å². The van der Waals surface area contributed by atoms with Gasteiger partial charge in [-0.25, -0.2) is 4.79 Å². The van der Waals surface area contributed by atoms with Gasteiger partial charge in [0, 0.05) is 43.5 Å². The summed E-state index contributed by atoms with van der Waals surface area (Å²) in [4.78, 5) is 38.4. The van der Waals surface area contributed by atoms with Gasteiger partial charge in [0.25, 0.3) is 5.56 Å². The summed E-state index contributed by atoms with van der Waals surface area (Å²) in [5.74, 6) is 0.590. The van der Waals surface area contributed by atoms with Gasteiger partial charge in [0.15, 0.2) is 11.5 Å². The fraction of sp³-hybridized carbons (Fsp3) is 0.469. The lowest BCUT2D eigenvalue weighted by atomic mass is 9.81. The molecule has 1 atom stereocenters. The van der Waals surface area contributed by atoms with Crippen LogP contribution in [0.4, 0.5) is 0 Å². The molecule has 3 aromatic rings. The Morgan fingerprint density at radius 2 is 1.79 bits per heavy atom. The third kappa shape index (κ3) is 7.83. The average molecular weight is 598 g/mol. The van der Waals surface area contributed by atoms with Gasteiger partial charge in [-0.15, -0.1) is 0 Å². The number of aryl methyl sites for hydroxylation is 1. The van der Waals surface area contributed by atoms with Crippen LogP contribution in [0.3, 0.4) is 0 Å². The molecule has 0 amide bonds. The molecular formula is C32H40ClN3O6. The molecule has 0 radical (unpaired) electrons. The van der Waals surface area contributed by atoms with Crippen molar-refractivity contribution >= 4 is 17.6 Å². The van der Waals surface area contributed by atoms with Crippen LogP contribution >= 0.6 is 11.6 Å². The summed E-state index contributed by atoms with van der Waals surface area (Å²) in [6, 6.07) is 15.3. The first-order valence-electron chi connectivity index (χ1n) is 14.5. The van der Waals surface area contributed by atoms with Gasteiger partial charge in [-0.1, -0.05) is 36.7 Å². The molecule has 9 nitrogen and oxygen atoms in total. The minimum absolute atomic E-state index is 0.119. The molecule has 0 spiro atoms. The monoisotopic (exact) mass is 597 g/mol. The molecule has 1 aliphatic carbocycles. The maximum absolute atomic E-state index is 12.3. The van der Waals surface area contributed by atoms with Crippen LogP contribution in [0.1, 0.15) is 56.2 Å². The van der Waals surface area contributed by atoms with Crippen molar-refractivity contribution in [1.29, 1.82) is 0 Å². The summed E-state index contributed by atoms with van der Waals surface area (Å²) < 4.78 is 14.1. The maximum Gasteiger partial charge on any atom is 0.330 e. The van der Waals surface area contributed by atoms with Crippen LogP contribution in [0.15, 0.2) is 64.3 Å². The standard InChI is InChI=1S/C32H40ClN3O6/c1-4-27(24-10-12-26(33)13-11-24)35(20-22-5-8-25(9-6-22)31(38)39)21-23-7-14-28(29(19-23)41-3)42-18-17-36-30(37)15-16-34(2)32(36)40/h7,10-16,19,22,25,27H,4-6,8-9,17-18,20-21H2,1-3H3,(H,38,39). The van der Waals surface area contributed by atoms with Crippen molar-refractivity contribution in [3.05, 3.63) is 91.7 Å². The number of hydrogen-bond acceptors (Lipinski definition) is 6. The van der Waals surface area contributed by atoms with Gasteiger partial charge in [0.2, 0.25) is 0 Å². The van der Waals surface area contributed by atoms with Crippen molar-refractivity contribution in [2.45, 2.75) is 58.2 Å². The fourth-order valence-electron chi connectivity index (χ4n) is 5.85. The van der Waals surface area contributed by atoms with Crippen molar-refractivity contribution in [1.82, 2.24) is 14.0 Å². The van der Waals surface area contributed by atoms with Crippen LogP contribution in [0.5, 0.6) is 11.5 Å². The van der Waals surface area contributed by atoms with Crippen molar-refractivity contribution in [2.24, 2.45) is 18.9 Å². The van der Waals surface area contributed by atoms with E-state index in [0.717, 1.165) is 35.9 Å². The highest BCUT2D eigenvalue weighted by Crippen LogP contribution is 2.35. The summed E-state index contributed by atoms with van der Waals surface area (Å²) in [5, 5.41) is 10.1. The highest BCUT2D eigenvalue weighted by molar-refractivity contribution is 6.30. The molecule has 0 saturated heterocycles. The normalized spacial score (nSPS) is 17.6. The molecule has 1 N–H and O–H groups in total. The Balaban J connectivity index is 1.51. The lowest BCUT2D eigenvalue weighted by Crippen LogP contribution is -2.39. The predicted molar refractivity (Wildman–Crippen MR) is 162 cm³/mol. The second kappa shape index (κ2) is 14.6. The fourth-order valence-corrected chi connectivity index (χ4v) is 5.97. The number of aliphatic carboxylic acids is 1. The first kappa shape index (κ1) is 31.4. The summed E-state index contributed by atoms with van der Waals surface area (Å²) in [6.45, 7) is 3.96. The molecule has 4 rings (SSSR count). The summed E-state index contributed by atoms with van der Waals surface area (Å²) in [5.41, 5.74) is 1.48. The lowest BCUT2D eigenvalue weighted by Gasteiger charge is -2.36. The Kier molecular flexibility index (Phi) is 10.9. The number of carboxylic acid groups (broad SMARTS) is 1. The molecule has 226 valence electrons. The van der Waals surface area contributed by atoms with Gasteiger partial charge < -0.3 is 19.1 Å². The quantitative estimate of drug-likeness (QED) is 0.291.